The second kappa shape index (κ2) is 5.80. The number of hydrogen-bond acceptors (Lipinski definition) is 2. The van der Waals surface area contributed by atoms with Gasteiger partial charge in [-0.25, -0.2) is 4.39 Å². The summed E-state index contributed by atoms with van der Waals surface area (Å²) in [6.45, 7) is 4.01. The van der Waals surface area contributed by atoms with Gasteiger partial charge in [0.25, 0.3) is 0 Å². The number of hydrogen-bond donors (Lipinski definition) is 1. The van der Waals surface area contributed by atoms with Crippen molar-refractivity contribution >= 4 is 11.6 Å². The lowest BCUT2D eigenvalue weighted by Crippen LogP contribution is -2.24. The second-order valence-electron chi connectivity index (χ2n) is 4.77. The van der Waals surface area contributed by atoms with E-state index in [4.69, 9.17) is 22.1 Å². The molecule has 0 aliphatic heterocycles. The van der Waals surface area contributed by atoms with Crippen LogP contribution in [0.2, 0.25) is 5.02 Å². The average Bonchev–Trinajstić information content (AvgIpc) is 2.26. The van der Waals surface area contributed by atoms with E-state index in [9.17, 15) is 4.39 Å². The monoisotopic (exact) mass is 259 g/mol. The molecule has 17 heavy (non-hydrogen) atoms. The second-order valence-corrected chi connectivity index (χ2v) is 5.18. The molecule has 0 spiro atoms. The molecule has 0 aliphatic rings. The Bertz CT molecular complexity index is 382. The molecule has 0 amide bonds. The molecule has 0 heterocycles. The zero-order chi connectivity index (χ0) is 13.1. The van der Waals surface area contributed by atoms with Crippen LogP contribution in [0.1, 0.15) is 38.3 Å². The number of nitrogens with two attached hydrogens (primary N) is 1. The highest BCUT2D eigenvalue weighted by Gasteiger charge is 2.19. The molecule has 0 saturated heterocycles. The van der Waals surface area contributed by atoms with Crippen molar-refractivity contribution in [3.05, 3.63) is 34.6 Å². The molecule has 1 aromatic carbocycles. The first-order chi connectivity index (χ1) is 7.85. The number of ether oxygens (including phenoxy) is 1. The van der Waals surface area contributed by atoms with E-state index >= 15 is 0 Å². The minimum absolute atomic E-state index is 0.197. The van der Waals surface area contributed by atoms with Gasteiger partial charge in [-0.15, -0.1) is 0 Å². The van der Waals surface area contributed by atoms with E-state index in [1.54, 1.807) is 13.2 Å². The summed E-state index contributed by atoms with van der Waals surface area (Å²) in [7, 11) is 1.68. The summed E-state index contributed by atoms with van der Waals surface area (Å²) in [5.41, 5.74) is 6.62. The van der Waals surface area contributed by atoms with Gasteiger partial charge in [-0.05, 0) is 44.4 Å². The third-order valence-corrected chi connectivity index (χ3v) is 3.30. The molecule has 1 aromatic rings. The SMILES string of the molecule is COC(C)(C)CCC(N)c1ccc(F)cc1Cl. The summed E-state index contributed by atoms with van der Waals surface area (Å²) >= 11 is 5.96. The first kappa shape index (κ1) is 14.4. The molecular formula is C13H19ClFNO. The Morgan fingerprint density at radius 1 is 1.47 bits per heavy atom. The van der Waals surface area contributed by atoms with Crippen LogP contribution in [0.4, 0.5) is 4.39 Å². The standard InChI is InChI=1S/C13H19ClFNO/c1-13(2,17-3)7-6-12(16)10-5-4-9(15)8-11(10)14/h4-5,8,12H,6-7,16H2,1-3H3. The van der Waals surface area contributed by atoms with Gasteiger partial charge in [0, 0.05) is 18.2 Å². The Morgan fingerprint density at radius 2 is 2.12 bits per heavy atom. The molecule has 0 fully saturated rings. The summed E-state index contributed by atoms with van der Waals surface area (Å²) in [5.74, 6) is -0.344. The fraction of sp³-hybridized carbons (Fsp3) is 0.538. The Kier molecular flexibility index (Phi) is 4.92. The summed E-state index contributed by atoms with van der Waals surface area (Å²) in [4.78, 5) is 0. The number of halogens is 2. The number of rotatable bonds is 5. The molecule has 0 bridgehead atoms. The van der Waals surface area contributed by atoms with Crippen LogP contribution in [0.15, 0.2) is 18.2 Å². The molecule has 96 valence electrons. The van der Waals surface area contributed by atoms with Gasteiger partial charge in [0.15, 0.2) is 0 Å². The topological polar surface area (TPSA) is 35.2 Å². The molecule has 2 N–H and O–H groups in total. The third-order valence-electron chi connectivity index (χ3n) is 2.97. The van der Waals surface area contributed by atoms with Crippen molar-refractivity contribution in [1.82, 2.24) is 0 Å². The average molecular weight is 260 g/mol. The maximum atomic E-state index is 12.9. The number of methoxy groups -OCH3 is 1. The van der Waals surface area contributed by atoms with Crippen LogP contribution in [-0.4, -0.2) is 12.7 Å². The zero-order valence-electron chi connectivity index (χ0n) is 10.5. The van der Waals surface area contributed by atoms with Crippen LogP contribution in [-0.2, 0) is 4.74 Å². The Labute approximate surface area is 107 Å². The lowest BCUT2D eigenvalue weighted by Gasteiger charge is -2.24. The van der Waals surface area contributed by atoms with Gasteiger partial charge in [-0.2, -0.15) is 0 Å². The van der Waals surface area contributed by atoms with E-state index in [2.05, 4.69) is 0 Å². The summed E-state index contributed by atoms with van der Waals surface area (Å²) in [6, 6.07) is 4.11. The highest BCUT2D eigenvalue weighted by molar-refractivity contribution is 6.31. The van der Waals surface area contributed by atoms with Gasteiger partial charge in [-0.3, -0.25) is 0 Å². The van der Waals surface area contributed by atoms with Crippen molar-refractivity contribution in [2.24, 2.45) is 5.73 Å². The lowest BCUT2D eigenvalue weighted by molar-refractivity contribution is 0.0125. The van der Waals surface area contributed by atoms with Crippen molar-refractivity contribution in [1.29, 1.82) is 0 Å². The normalized spacial score (nSPS) is 13.8. The first-order valence-corrected chi connectivity index (χ1v) is 5.99. The maximum Gasteiger partial charge on any atom is 0.124 e. The van der Waals surface area contributed by atoms with Crippen molar-refractivity contribution < 1.29 is 9.13 Å². The zero-order valence-corrected chi connectivity index (χ0v) is 11.2. The van der Waals surface area contributed by atoms with Crippen LogP contribution in [0, 0.1) is 5.82 Å². The predicted molar refractivity (Wildman–Crippen MR) is 68.7 cm³/mol. The molecule has 1 rings (SSSR count). The Balaban J connectivity index is 2.67. The van der Waals surface area contributed by atoms with Crippen molar-refractivity contribution in [2.75, 3.05) is 7.11 Å². The number of benzene rings is 1. The fourth-order valence-electron chi connectivity index (χ4n) is 1.56. The van der Waals surface area contributed by atoms with Crippen LogP contribution in [0.25, 0.3) is 0 Å². The minimum atomic E-state index is -0.344. The van der Waals surface area contributed by atoms with E-state index in [1.807, 2.05) is 13.8 Å². The first-order valence-electron chi connectivity index (χ1n) is 5.61. The summed E-state index contributed by atoms with van der Waals surface area (Å²) in [6.07, 6.45) is 1.56. The van der Waals surface area contributed by atoms with E-state index in [0.29, 0.717) is 5.02 Å². The lowest BCUT2D eigenvalue weighted by atomic mass is 9.95. The van der Waals surface area contributed by atoms with Gasteiger partial charge in [0.2, 0.25) is 0 Å². The summed E-state index contributed by atoms with van der Waals surface area (Å²) < 4.78 is 18.2. The van der Waals surface area contributed by atoms with E-state index in [-0.39, 0.29) is 17.5 Å². The van der Waals surface area contributed by atoms with Gasteiger partial charge in [0.05, 0.1) is 5.60 Å². The minimum Gasteiger partial charge on any atom is -0.379 e. The quantitative estimate of drug-likeness (QED) is 0.875. The third kappa shape index (κ3) is 4.26. The van der Waals surface area contributed by atoms with Gasteiger partial charge >= 0.3 is 0 Å². The van der Waals surface area contributed by atoms with E-state index < -0.39 is 0 Å². The van der Waals surface area contributed by atoms with Crippen LogP contribution in [0.3, 0.4) is 0 Å². The molecule has 4 heteroatoms. The van der Waals surface area contributed by atoms with Crippen molar-refractivity contribution in [2.45, 2.75) is 38.3 Å². The molecule has 0 aliphatic carbocycles. The Hall–Kier alpha value is -0.640. The summed E-state index contributed by atoms with van der Waals surface area (Å²) in [5, 5.41) is 0.382. The van der Waals surface area contributed by atoms with E-state index in [1.165, 1.54) is 12.1 Å². The van der Waals surface area contributed by atoms with Gasteiger partial charge in [0.1, 0.15) is 5.82 Å². The van der Waals surface area contributed by atoms with Crippen molar-refractivity contribution in [3.63, 3.8) is 0 Å². The highest BCUT2D eigenvalue weighted by Crippen LogP contribution is 2.27. The maximum absolute atomic E-state index is 12.9. The molecule has 1 atom stereocenters. The van der Waals surface area contributed by atoms with Crippen LogP contribution >= 0.6 is 11.6 Å². The van der Waals surface area contributed by atoms with Crippen molar-refractivity contribution in [3.8, 4) is 0 Å². The van der Waals surface area contributed by atoms with Gasteiger partial charge < -0.3 is 10.5 Å². The highest BCUT2D eigenvalue weighted by atomic mass is 35.5. The Morgan fingerprint density at radius 3 is 2.65 bits per heavy atom. The fourth-order valence-corrected chi connectivity index (χ4v) is 1.87. The molecule has 2 nitrogen and oxygen atoms in total. The smallest absolute Gasteiger partial charge is 0.124 e. The van der Waals surface area contributed by atoms with Gasteiger partial charge in [-0.1, -0.05) is 17.7 Å². The molecule has 0 saturated carbocycles. The van der Waals surface area contributed by atoms with Crippen LogP contribution in [0.5, 0.6) is 0 Å². The van der Waals surface area contributed by atoms with Crippen LogP contribution < -0.4 is 5.73 Å². The molecule has 0 aromatic heterocycles. The molecule has 0 radical (unpaired) electrons. The largest absolute Gasteiger partial charge is 0.379 e. The predicted octanol–water partition coefficient (Wildman–Crippen LogP) is 3.68. The van der Waals surface area contributed by atoms with E-state index in [0.717, 1.165) is 18.4 Å². The molecular weight excluding hydrogens is 241 g/mol. The molecule has 1 unspecified atom stereocenters.